The number of rotatable bonds is 5. The molecule has 0 saturated carbocycles. The Morgan fingerprint density at radius 2 is 1.95 bits per heavy atom. The van der Waals surface area contributed by atoms with E-state index in [9.17, 15) is 4.79 Å². The third-order valence-corrected chi connectivity index (χ3v) is 3.89. The number of carbonyl (C=O) groups excluding carboxylic acids is 1. The van der Waals surface area contributed by atoms with Gasteiger partial charge in [-0.3, -0.25) is 4.79 Å². The Balaban J connectivity index is 1.49. The topological polar surface area (TPSA) is 59.6 Å². The molecule has 2 aromatic carbocycles. The second-order valence-corrected chi connectivity index (χ2v) is 5.63. The fourth-order valence-electron chi connectivity index (χ4n) is 2.10. The Hall–Kier alpha value is -2.21. The van der Waals surface area contributed by atoms with Crippen molar-refractivity contribution in [2.45, 2.75) is 6.42 Å². The monoisotopic (exact) mass is 362 g/mol. The Labute approximate surface area is 136 Å². The van der Waals surface area contributed by atoms with Gasteiger partial charge >= 0.3 is 0 Å². The number of halogens is 1. The lowest BCUT2D eigenvalue weighted by Crippen LogP contribution is -2.16. The summed E-state index contributed by atoms with van der Waals surface area (Å²) in [5.41, 5.74) is 1.67. The van der Waals surface area contributed by atoms with Crippen LogP contribution in [0.5, 0.6) is 11.5 Å². The van der Waals surface area contributed by atoms with E-state index in [1.807, 2.05) is 42.5 Å². The summed E-state index contributed by atoms with van der Waals surface area (Å²) >= 11 is 3.40. The van der Waals surface area contributed by atoms with E-state index in [1.165, 1.54) is 0 Å². The second kappa shape index (κ2) is 6.70. The predicted molar refractivity (Wildman–Crippen MR) is 88.4 cm³/mol. The van der Waals surface area contributed by atoms with E-state index in [1.54, 1.807) is 0 Å². The number of fused-ring (bicyclic) bond motifs is 1. The van der Waals surface area contributed by atoms with Gasteiger partial charge in [0.25, 0.3) is 0 Å². The van der Waals surface area contributed by atoms with Crippen LogP contribution in [0.2, 0.25) is 0 Å². The van der Waals surface area contributed by atoms with Crippen molar-refractivity contribution in [1.82, 2.24) is 0 Å². The van der Waals surface area contributed by atoms with Gasteiger partial charge in [0, 0.05) is 29.2 Å². The van der Waals surface area contributed by atoms with Gasteiger partial charge in [0.2, 0.25) is 12.7 Å². The van der Waals surface area contributed by atoms with Gasteiger partial charge < -0.3 is 20.1 Å². The van der Waals surface area contributed by atoms with Crippen LogP contribution in [0.4, 0.5) is 11.4 Å². The summed E-state index contributed by atoms with van der Waals surface area (Å²) in [4.78, 5) is 11.9. The zero-order chi connectivity index (χ0) is 15.4. The normalized spacial score (nSPS) is 12.0. The zero-order valence-electron chi connectivity index (χ0n) is 11.8. The lowest BCUT2D eigenvalue weighted by Gasteiger charge is -2.09. The maximum atomic E-state index is 11.9. The summed E-state index contributed by atoms with van der Waals surface area (Å²) in [5, 5.41) is 6.07. The van der Waals surface area contributed by atoms with Crippen LogP contribution in [-0.2, 0) is 4.79 Å². The minimum absolute atomic E-state index is 0.0415. The van der Waals surface area contributed by atoms with Crippen LogP contribution >= 0.6 is 15.9 Å². The number of hydrogen-bond donors (Lipinski definition) is 2. The highest BCUT2D eigenvalue weighted by molar-refractivity contribution is 9.10. The summed E-state index contributed by atoms with van der Waals surface area (Å²) < 4.78 is 11.4. The van der Waals surface area contributed by atoms with Gasteiger partial charge in [-0.05, 0) is 40.2 Å². The minimum Gasteiger partial charge on any atom is -0.454 e. The maximum Gasteiger partial charge on any atom is 0.231 e. The number of carbonyl (C=O) groups is 1. The summed E-state index contributed by atoms with van der Waals surface area (Å²) in [6.07, 6.45) is 0.371. The highest BCUT2D eigenvalue weighted by Crippen LogP contribution is 2.34. The largest absolute Gasteiger partial charge is 0.454 e. The molecule has 0 bridgehead atoms. The second-order valence-electron chi connectivity index (χ2n) is 4.77. The molecule has 1 aliphatic rings. The average molecular weight is 363 g/mol. The minimum atomic E-state index is -0.0415. The lowest BCUT2D eigenvalue weighted by molar-refractivity contribution is -0.115. The molecule has 0 fully saturated rings. The van der Waals surface area contributed by atoms with Crippen LogP contribution in [-0.4, -0.2) is 19.2 Å². The Kier molecular flexibility index (Phi) is 4.48. The van der Waals surface area contributed by atoms with Crippen molar-refractivity contribution in [2.75, 3.05) is 24.0 Å². The van der Waals surface area contributed by atoms with Crippen molar-refractivity contribution in [3.63, 3.8) is 0 Å². The molecule has 1 aliphatic heterocycles. The molecule has 0 radical (unpaired) electrons. The smallest absolute Gasteiger partial charge is 0.231 e. The average Bonchev–Trinajstić information content (AvgIpc) is 2.97. The molecule has 0 aromatic heterocycles. The highest BCUT2D eigenvalue weighted by atomic mass is 79.9. The summed E-state index contributed by atoms with van der Waals surface area (Å²) in [6, 6.07) is 13.2. The summed E-state index contributed by atoms with van der Waals surface area (Å²) in [6.45, 7) is 0.795. The fourth-order valence-corrected chi connectivity index (χ4v) is 2.49. The van der Waals surface area contributed by atoms with Crippen molar-refractivity contribution >= 4 is 33.2 Å². The fraction of sp³-hybridized carbons (Fsp3) is 0.188. The van der Waals surface area contributed by atoms with E-state index < -0.39 is 0 Å². The van der Waals surface area contributed by atoms with E-state index >= 15 is 0 Å². The van der Waals surface area contributed by atoms with Gasteiger partial charge in [0.05, 0.1) is 5.69 Å². The lowest BCUT2D eigenvalue weighted by atomic mass is 10.2. The molecule has 22 heavy (non-hydrogen) atoms. The van der Waals surface area contributed by atoms with Gasteiger partial charge in [-0.25, -0.2) is 0 Å². The Morgan fingerprint density at radius 3 is 2.82 bits per heavy atom. The number of ether oxygens (including phenoxy) is 2. The van der Waals surface area contributed by atoms with Gasteiger partial charge in [0.1, 0.15) is 0 Å². The van der Waals surface area contributed by atoms with Crippen LogP contribution in [0.3, 0.4) is 0 Å². The summed E-state index contributed by atoms with van der Waals surface area (Å²) in [7, 11) is 0. The Bertz CT molecular complexity index is 691. The quantitative estimate of drug-likeness (QED) is 0.852. The van der Waals surface area contributed by atoms with Crippen LogP contribution in [0.15, 0.2) is 46.9 Å². The van der Waals surface area contributed by atoms with Crippen molar-refractivity contribution in [2.24, 2.45) is 0 Å². The van der Waals surface area contributed by atoms with Gasteiger partial charge in [-0.15, -0.1) is 0 Å². The molecular formula is C16H15BrN2O3. The number of anilines is 2. The molecule has 1 heterocycles. The Morgan fingerprint density at radius 1 is 1.14 bits per heavy atom. The van der Waals surface area contributed by atoms with Crippen molar-refractivity contribution < 1.29 is 14.3 Å². The van der Waals surface area contributed by atoms with Crippen molar-refractivity contribution in [3.05, 3.63) is 46.9 Å². The molecule has 6 heteroatoms. The third-order valence-electron chi connectivity index (χ3n) is 3.20. The first-order valence-electron chi connectivity index (χ1n) is 6.90. The number of benzene rings is 2. The molecule has 2 N–H and O–H groups in total. The number of amides is 1. The molecule has 0 unspecified atom stereocenters. The first-order chi connectivity index (χ1) is 10.7. The number of nitrogens with one attached hydrogen (secondary N) is 2. The number of hydrogen-bond acceptors (Lipinski definition) is 4. The van der Waals surface area contributed by atoms with Gasteiger partial charge in [0.15, 0.2) is 11.5 Å². The van der Waals surface area contributed by atoms with Crippen molar-refractivity contribution in [1.29, 1.82) is 0 Å². The maximum absolute atomic E-state index is 11.9. The van der Waals surface area contributed by atoms with E-state index in [-0.39, 0.29) is 12.7 Å². The van der Waals surface area contributed by atoms with Crippen molar-refractivity contribution in [3.8, 4) is 11.5 Å². The summed E-state index contributed by atoms with van der Waals surface area (Å²) in [5.74, 6) is 1.43. The van der Waals surface area contributed by atoms with Gasteiger partial charge in [-0.1, -0.05) is 12.1 Å². The molecule has 114 valence electrons. The van der Waals surface area contributed by atoms with E-state index in [0.717, 1.165) is 27.3 Å². The molecule has 0 spiro atoms. The molecule has 0 saturated heterocycles. The van der Waals surface area contributed by atoms with Gasteiger partial charge in [-0.2, -0.15) is 0 Å². The zero-order valence-corrected chi connectivity index (χ0v) is 13.4. The van der Waals surface area contributed by atoms with Crippen LogP contribution in [0.1, 0.15) is 6.42 Å². The predicted octanol–water partition coefficient (Wildman–Crippen LogP) is 3.62. The standard InChI is InChI=1S/C16H15BrN2O3/c17-12-3-1-2-4-13(12)19-16(20)7-8-18-11-5-6-14-15(9-11)22-10-21-14/h1-6,9,18H,7-8,10H2,(H,19,20). The van der Waals surface area contributed by atoms with E-state index in [4.69, 9.17) is 9.47 Å². The molecular weight excluding hydrogens is 348 g/mol. The van der Waals surface area contributed by atoms with Crippen LogP contribution in [0, 0.1) is 0 Å². The molecule has 0 aliphatic carbocycles. The molecule has 1 amide bonds. The first-order valence-corrected chi connectivity index (χ1v) is 7.69. The highest BCUT2D eigenvalue weighted by Gasteiger charge is 2.13. The number of para-hydroxylation sites is 1. The van der Waals surface area contributed by atoms with E-state index in [2.05, 4.69) is 26.6 Å². The molecule has 5 nitrogen and oxygen atoms in total. The third kappa shape index (κ3) is 3.51. The molecule has 2 aromatic rings. The SMILES string of the molecule is O=C(CCNc1ccc2c(c1)OCO2)Nc1ccccc1Br. The first kappa shape index (κ1) is 14.7. The van der Waals surface area contributed by atoms with E-state index in [0.29, 0.717) is 13.0 Å². The molecule has 0 atom stereocenters. The molecule has 3 rings (SSSR count). The van der Waals surface area contributed by atoms with Crippen LogP contribution < -0.4 is 20.1 Å². The van der Waals surface area contributed by atoms with Crippen LogP contribution in [0.25, 0.3) is 0 Å².